The molecule has 5 atom stereocenters. The zero-order valence-corrected chi connectivity index (χ0v) is 11.2. The van der Waals surface area contributed by atoms with Crippen LogP contribution in [-0.2, 0) is 0 Å². The first-order valence-electron chi connectivity index (χ1n) is 7.09. The summed E-state index contributed by atoms with van der Waals surface area (Å²) in [6, 6.07) is 0. The molecule has 3 saturated carbocycles. The molecule has 0 saturated heterocycles. The van der Waals surface area contributed by atoms with Crippen molar-refractivity contribution >= 4 is 0 Å². The lowest BCUT2D eigenvalue weighted by atomic mass is 9.57. The van der Waals surface area contributed by atoms with Gasteiger partial charge in [-0.3, -0.25) is 0 Å². The third-order valence-corrected chi connectivity index (χ3v) is 6.77. The van der Waals surface area contributed by atoms with Crippen molar-refractivity contribution in [3.8, 4) is 0 Å². The van der Waals surface area contributed by atoms with Gasteiger partial charge in [0.25, 0.3) is 0 Å². The van der Waals surface area contributed by atoms with E-state index < -0.39 is 0 Å². The van der Waals surface area contributed by atoms with Gasteiger partial charge in [0, 0.05) is 0 Å². The highest BCUT2D eigenvalue weighted by Crippen LogP contribution is 2.81. The van der Waals surface area contributed by atoms with Crippen LogP contribution in [0, 0.1) is 28.6 Å². The minimum atomic E-state index is -0.364. The highest BCUT2D eigenvalue weighted by Gasteiger charge is 2.77. The summed E-state index contributed by atoms with van der Waals surface area (Å²) in [6.07, 6.45) is 6.41. The SMILES string of the molecule is CC(C)[C@]12CC[C@@H](C)[C@]13C[C@@H]3[C@](C)(O)CC2. The maximum Gasteiger partial charge on any atom is 0.0653 e. The molecule has 3 aliphatic rings. The molecule has 0 radical (unpaired) electrons. The topological polar surface area (TPSA) is 20.2 Å². The number of hydrogen-bond acceptors (Lipinski definition) is 1. The van der Waals surface area contributed by atoms with Gasteiger partial charge in [-0.05, 0) is 67.6 Å². The highest BCUT2D eigenvalue weighted by atomic mass is 16.3. The van der Waals surface area contributed by atoms with E-state index in [0.29, 0.717) is 16.7 Å². The van der Waals surface area contributed by atoms with E-state index in [2.05, 4.69) is 27.7 Å². The van der Waals surface area contributed by atoms with E-state index in [-0.39, 0.29) is 5.60 Å². The number of rotatable bonds is 1. The van der Waals surface area contributed by atoms with Crippen LogP contribution < -0.4 is 0 Å². The van der Waals surface area contributed by atoms with Gasteiger partial charge in [-0.2, -0.15) is 0 Å². The Kier molecular flexibility index (Phi) is 1.98. The van der Waals surface area contributed by atoms with Crippen LogP contribution in [0.4, 0.5) is 0 Å². The normalized spacial score (nSPS) is 59.6. The van der Waals surface area contributed by atoms with Gasteiger partial charge in [-0.25, -0.2) is 0 Å². The van der Waals surface area contributed by atoms with Crippen LogP contribution in [0.3, 0.4) is 0 Å². The predicted molar refractivity (Wildman–Crippen MR) is 66.1 cm³/mol. The van der Waals surface area contributed by atoms with E-state index >= 15 is 0 Å². The molecule has 1 N–H and O–H groups in total. The van der Waals surface area contributed by atoms with E-state index in [0.717, 1.165) is 18.3 Å². The smallest absolute Gasteiger partial charge is 0.0653 e. The lowest BCUT2D eigenvalue weighted by Gasteiger charge is -2.49. The van der Waals surface area contributed by atoms with Crippen molar-refractivity contribution in [1.82, 2.24) is 0 Å². The molecule has 3 aliphatic carbocycles. The largest absolute Gasteiger partial charge is 0.390 e. The first-order chi connectivity index (χ1) is 7.37. The summed E-state index contributed by atoms with van der Waals surface area (Å²) in [6.45, 7) is 9.34. The molecule has 1 heteroatoms. The molecule has 0 heterocycles. The average Bonchev–Trinajstić information content (AvgIpc) is 2.88. The fourth-order valence-corrected chi connectivity index (χ4v) is 5.73. The van der Waals surface area contributed by atoms with E-state index in [1.165, 1.54) is 25.7 Å². The molecule has 3 rings (SSSR count). The minimum Gasteiger partial charge on any atom is -0.390 e. The Hall–Kier alpha value is -0.0400. The van der Waals surface area contributed by atoms with Crippen molar-refractivity contribution in [2.24, 2.45) is 28.6 Å². The van der Waals surface area contributed by atoms with E-state index in [1.54, 1.807) is 0 Å². The van der Waals surface area contributed by atoms with E-state index in [1.807, 2.05) is 0 Å². The van der Waals surface area contributed by atoms with Crippen LogP contribution in [0.1, 0.15) is 59.8 Å². The van der Waals surface area contributed by atoms with E-state index in [9.17, 15) is 5.11 Å². The van der Waals surface area contributed by atoms with Gasteiger partial charge in [-0.1, -0.05) is 20.8 Å². The monoisotopic (exact) mass is 222 g/mol. The molecule has 3 fully saturated rings. The third-order valence-electron chi connectivity index (χ3n) is 6.77. The molecular formula is C15H26O. The molecule has 0 aromatic rings. The fourth-order valence-electron chi connectivity index (χ4n) is 5.73. The van der Waals surface area contributed by atoms with Crippen LogP contribution in [-0.4, -0.2) is 10.7 Å². The molecule has 1 nitrogen and oxygen atoms in total. The van der Waals surface area contributed by atoms with Crippen LogP contribution in [0.15, 0.2) is 0 Å². The molecule has 0 bridgehead atoms. The van der Waals surface area contributed by atoms with Gasteiger partial charge in [0.2, 0.25) is 0 Å². The summed E-state index contributed by atoms with van der Waals surface area (Å²) in [7, 11) is 0. The van der Waals surface area contributed by atoms with Gasteiger partial charge in [0.15, 0.2) is 0 Å². The second-order valence-electron chi connectivity index (χ2n) is 7.40. The Morgan fingerprint density at radius 2 is 1.88 bits per heavy atom. The van der Waals surface area contributed by atoms with Gasteiger partial charge in [0.05, 0.1) is 5.60 Å². The number of hydrogen-bond donors (Lipinski definition) is 1. The summed E-state index contributed by atoms with van der Waals surface area (Å²) in [5, 5.41) is 10.5. The van der Waals surface area contributed by atoms with Crippen molar-refractivity contribution in [3.63, 3.8) is 0 Å². The Morgan fingerprint density at radius 3 is 2.50 bits per heavy atom. The fraction of sp³-hybridized carbons (Fsp3) is 1.00. The van der Waals surface area contributed by atoms with Crippen molar-refractivity contribution in [3.05, 3.63) is 0 Å². The Balaban J connectivity index is 2.03. The second-order valence-corrected chi connectivity index (χ2v) is 7.40. The molecule has 0 amide bonds. The van der Waals surface area contributed by atoms with Gasteiger partial charge < -0.3 is 5.11 Å². The molecule has 0 unspecified atom stereocenters. The standard InChI is InChI=1S/C15H26O/c1-10(2)14-6-5-11(3)15(14)9-12(15)13(4,16)7-8-14/h10-12,16H,5-9H2,1-4H3/t11-,12-,13-,14-,15+/m1/s1. The van der Waals surface area contributed by atoms with Gasteiger partial charge in [0.1, 0.15) is 0 Å². The molecule has 92 valence electrons. The molecule has 1 spiro atoms. The molecule has 16 heavy (non-hydrogen) atoms. The number of aliphatic hydroxyl groups is 1. The summed E-state index contributed by atoms with van der Waals surface area (Å²) < 4.78 is 0. The van der Waals surface area contributed by atoms with Gasteiger partial charge in [-0.15, -0.1) is 0 Å². The Labute approximate surface area is 99.6 Å². The first-order valence-corrected chi connectivity index (χ1v) is 7.09. The minimum absolute atomic E-state index is 0.364. The van der Waals surface area contributed by atoms with Crippen LogP contribution in [0.2, 0.25) is 0 Å². The van der Waals surface area contributed by atoms with Crippen LogP contribution >= 0.6 is 0 Å². The third kappa shape index (κ3) is 0.978. The quantitative estimate of drug-likeness (QED) is 0.718. The van der Waals surface area contributed by atoms with Crippen molar-refractivity contribution in [2.75, 3.05) is 0 Å². The van der Waals surface area contributed by atoms with Crippen molar-refractivity contribution in [1.29, 1.82) is 0 Å². The second kappa shape index (κ2) is 2.85. The summed E-state index contributed by atoms with van der Waals surface area (Å²) >= 11 is 0. The zero-order chi connectivity index (χ0) is 11.8. The van der Waals surface area contributed by atoms with Crippen molar-refractivity contribution in [2.45, 2.75) is 65.4 Å². The predicted octanol–water partition coefficient (Wildman–Crippen LogP) is 3.61. The van der Waals surface area contributed by atoms with Crippen LogP contribution in [0.25, 0.3) is 0 Å². The molecule has 0 aromatic carbocycles. The average molecular weight is 222 g/mol. The van der Waals surface area contributed by atoms with Crippen molar-refractivity contribution < 1.29 is 5.11 Å². The molecular weight excluding hydrogens is 196 g/mol. The lowest BCUT2D eigenvalue weighted by molar-refractivity contribution is -0.0775. The molecule has 0 aliphatic heterocycles. The Morgan fingerprint density at radius 1 is 1.19 bits per heavy atom. The summed E-state index contributed by atoms with van der Waals surface area (Å²) in [5.41, 5.74) is 0.721. The maximum atomic E-state index is 10.5. The maximum absolute atomic E-state index is 10.5. The van der Waals surface area contributed by atoms with Gasteiger partial charge >= 0.3 is 0 Å². The molecule has 0 aromatic heterocycles. The summed E-state index contributed by atoms with van der Waals surface area (Å²) in [4.78, 5) is 0. The summed E-state index contributed by atoms with van der Waals surface area (Å²) in [5.74, 6) is 2.24. The van der Waals surface area contributed by atoms with E-state index in [4.69, 9.17) is 0 Å². The Bertz CT molecular complexity index is 319. The van der Waals surface area contributed by atoms with Crippen LogP contribution in [0.5, 0.6) is 0 Å². The lowest BCUT2D eigenvalue weighted by Crippen LogP contribution is -2.46. The first kappa shape index (κ1) is 11.1. The zero-order valence-electron chi connectivity index (χ0n) is 11.2. The highest BCUT2D eigenvalue weighted by molar-refractivity contribution is 5.25.